The summed E-state index contributed by atoms with van der Waals surface area (Å²) in [7, 11) is 0. The molecule has 0 aliphatic rings. The molecule has 0 aliphatic carbocycles. The van der Waals surface area contributed by atoms with Crippen LogP contribution in [0.5, 0.6) is 0 Å². The molecule has 0 spiro atoms. The summed E-state index contributed by atoms with van der Waals surface area (Å²) in [5.41, 5.74) is 12.0. The number of rotatable bonds is 3. The van der Waals surface area contributed by atoms with Gasteiger partial charge in [-0.1, -0.05) is 6.07 Å². The third-order valence-electron chi connectivity index (χ3n) is 2.13. The van der Waals surface area contributed by atoms with Gasteiger partial charge >= 0.3 is 0 Å². The first kappa shape index (κ1) is 13.1. The number of hydrogen-bond acceptors (Lipinski definition) is 6. The zero-order valence-electron chi connectivity index (χ0n) is 9.30. The Morgan fingerprint density at radius 3 is 2.39 bits per heavy atom. The number of nitrogens with zero attached hydrogens (tertiary/aromatic N) is 2. The van der Waals surface area contributed by atoms with Gasteiger partial charge in [-0.05, 0) is 45.4 Å². The number of nitrogens with two attached hydrogens (primary N) is 2. The summed E-state index contributed by atoms with van der Waals surface area (Å²) < 4.78 is 0.864. The molecule has 7 heteroatoms. The standard InChI is InChI=1S/C11H11BrN4OS/c12-7-3-6(5-17)1-2-8(7)18-11-15-9(13)4-10(14)16-11/h1-4,17H,5H2,(H4,13,14,15,16). The zero-order valence-corrected chi connectivity index (χ0v) is 11.7. The summed E-state index contributed by atoms with van der Waals surface area (Å²) in [6, 6.07) is 7.07. The van der Waals surface area contributed by atoms with Gasteiger partial charge in [-0.3, -0.25) is 0 Å². The van der Waals surface area contributed by atoms with Gasteiger partial charge < -0.3 is 16.6 Å². The van der Waals surface area contributed by atoms with Gasteiger partial charge in [0.1, 0.15) is 11.6 Å². The van der Waals surface area contributed by atoms with Gasteiger partial charge in [0.25, 0.3) is 0 Å². The first-order valence-corrected chi connectivity index (χ1v) is 6.66. The van der Waals surface area contributed by atoms with E-state index in [0.29, 0.717) is 16.8 Å². The number of aliphatic hydroxyl groups excluding tert-OH is 1. The molecule has 2 rings (SSSR count). The average Bonchev–Trinajstić information content (AvgIpc) is 2.30. The fourth-order valence-electron chi connectivity index (χ4n) is 1.33. The topological polar surface area (TPSA) is 98.1 Å². The van der Waals surface area contributed by atoms with E-state index in [0.717, 1.165) is 14.9 Å². The highest BCUT2D eigenvalue weighted by atomic mass is 79.9. The van der Waals surface area contributed by atoms with E-state index >= 15 is 0 Å². The first-order chi connectivity index (χ1) is 8.58. The van der Waals surface area contributed by atoms with E-state index < -0.39 is 0 Å². The van der Waals surface area contributed by atoms with E-state index in [-0.39, 0.29) is 6.61 Å². The number of anilines is 2. The Bertz CT molecular complexity index is 559. The van der Waals surface area contributed by atoms with Gasteiger partial charge in [-0.25, -0.2) is 9.97 Å². The smallest absolute Gasteiger partial charge is 0.196 e. The molecule has 0 saturated heterocycles. The number of nitrogen functional groups attached to an aromatic ring is 2. The summed E-state index contributed by atoms with van der Waals surface area (Å²) in [5, 5.41) is 9.52. The summed E-state index contributed by atoms with van der Waals surface area (Å²) in [6.07, 6.45) is 0. The minimum atomic E-state index is 0.00524. The van der Waals surface area contributed by atoms with E-state index in [1.54, 1.807) is 0 Å². The molecule has 94 valence electrons. The van der Waals surface area contributed by atoms with E-state index in [9.17, 15) is 0 Å². The molecular formula is C11H11BrN4OS. The number of aliphatic hydroxyl groups is 1. The third kappa shape index (κ3) is 3.12. The maximum absolute atomic E-state index is 9.03. The highest BCUT2D eigenvalue weighted by molar-refractivity contribution is 9.10. The van der Waals surface area contributed by atoms with E-state index in [4.69, 9.17) is 16.6 Å². The predicted octanol–water partition coefficient (Wildman–Crippen LogP) is 2.05. The molecule has 0 aliphatic heterocycles. The highest BCUT2D eigenvalue weighted by Crippen LogP contribution is 2.32. The predicted molar refractivity (Wildman–Crippen MR) is 75.0 cm³/mol. The maximum Gasteiger partial charge on any atom is 0.196 e. The van der Waals surface area contributed by atoms with Crippen molar-refractivity contribution in [3.63, 3.8) is 0 Å². The van der Waals surface area contributed by atoms with Crippen molar-refractivity contribution in [3.8, 4) is 0 Å². The Kier molecular flexibility index (Phi) is 4.05. The van der Waals surface area contributed by atoms with Crippen LogP contribution in [0, 0.1) is 0 Å². The molecule has 5 nitrogen and oxygen atoms in total. The summed E-state index contributed by atoms with van der Waals surface area (Å²) in [6.45, 7) is 0.00524. The number of halogens is 1. The van der Waals surface area contributed by atoms with Crippen LogP contribution >= 0.6 is 27.7 Å². The van der Waals surface area contributed by atoms with Crippen LogP contribution in [0.3, 0.4) is 0 Å². The molecule has 0 fully saturated rings. The summed E-state index contributed by atoms with van der Waals surface area (Å²) in [5.74, 6) is 0.682. The van der Waals surface area contributed by atoms with Gasteiger partial charge in [0.2, 0.25) is 0 Å². The Morgan fingerprint density at radius 1 is 1.17 bits per heavy atom. The summed E-state index contributed by atoms with van der Waals surface area (Å²) >= 11 is 4.78. The van der Waals surface area contributed by atoms with Gasteiger partial charge in [0, 0.05) is 15.4 Å². The highest BCUT2D eigenvalue weighted by Gasteiger charge is 2.07. The monoisotopic (exact) mass is 326 g/mol. The van der Waals surface area contributed by atoms with Crippen molar-refractivity contribution in [2.45, 2.75) is 16.7 Å². The lowest BCUT2D eigenvalue weighted by molar-refractivity contribution is 0.281. The Balaban J connectivity index is 2.28. The van der Waals surface area contributed by atoms with Gasteiger partial charge in [0.05, 0.1) is 6.61 Å². The molecule has 1 heterocycles. The molecule has 2 aromatic rings. The second-order valence-corrected chi connectivity index (χ2v) is 5.39. The zero-order chi connectivity index (χ0) is 13.1. The van der Waals surface area contributed by atoms with Gasteiger partial charge in [-0.15, -0.1) is 0 Å². The molecule has 0 amide bonds. The fourth-order valence-corrected chi connectivity index (χ4v) is 2.79. The van der Waals surface area contributed by atoms with Crippen molar-refractivity contribution in [2.24, 2.45) is 0 Å². The van der Waals surface area contributed by atoms with Crippen molar-refractivity contribution < 1.29 is 5.11 Å². The lowest BCUT2D eigenvalue weighted by atomic mass is 10.2. The van der Waals surface area contributed by atoms with Crippen LogP contribution in [0.2, 0.25) is 0 Å². The molecule has 0 atom stereocenters. The minimum Gasteiger partial charge on any atom is -0.392 e. The Hall–Kier alpha value is -1.31. The van der Waals surface area contributed by atoms with Crippen molar-refractivity contribution >= 4 is 39.3 Å². The Morgan fingerprint density at radius 2 is 1.83 bits per heavy atom. The SMILES string of the molecule is Nc1cc(N)nc(Sc2ccc(CO)cc2Br)n1. The molecule has 0 radical (unpaired) electrons. The van der Waals surface area contributed by atoms with Crippen molar-refractivity contribution in [1.82, 2.24) is 9.97 Å². The molecule has 0 unspecified atom stereocenters. The van der Waals surface area contributed by atoms with E-state index in [1.165, 1.54) is 17.8 Å². The lowest BCUT2D eigenvalue weighted by Crippen LogP contribution is -1.99. The Labute approximate surface area is 117 Å². The molecule has 5 N–H and O–H groups in total. The van der Waals surface area contributed by atoms with Crippen LogP contribution in [-0.4, -0.2) is 15.1 Å². The number of benzene rings is 1. The number of hydrogen-bond donors (Lipinski definition) is 3. The second-order valence-electron chi connectivity index (χ2n) is 3.53. The fraction of sp³-hybridized carbons (Fsp3) is 0.0909. The van der Waals surface area contributed by atoms with E-state index in [2.05, 4.69) is 25.9 Å². The van der Waals surface area contributed by atoms with Crippen molar-refractivity contribution in [1.29, 1.82) is 0 Å². The molecule has 1 aromatic heterocycles. The molecule has 0 saturated carbocycles. The van der Waals surface area contributed by atoms with Crippen LogP contribution in [-0.2, 0) is 6.61 Å². The van der Waals surface area contributed by atoms with Crippen LogP contribution in [0.25, 0.3) is 0 Å². The maximum atomic E-state index is 9.03. The van der Waals surface area contributed by atoms with Gasteiger partial charge in [0.15, 0.2) is 5.16 Å². The lowest BCUT2D eigenvalue weighted by Gasteiger charge is -2.06. The molecule has 0 bridgehead atoms. The van der Waals surface area contributed by atoms with Crippen molar-refractivity contribution in [2.75, 3.05) is 11.5 Å². The van der Waals surface area contributed by atoms with Crippen LogP contribution < -0.4 is 11.5 Å². The normalized spacial score (nSPS) is 10.6. The average molecular weight is 327 g/mol. The van der Waals surface area contributed by atoms with Crippen LogP contribution in [0.15, 0.2) is 38.8 Å². The number of aromatic nitrogens is 2. The van der Waals surface area contributed by atoms with Gasteiger partial charge in [-0.2, -0.15) is 0 Å². The minimum absolute atomic E-state index is 0.00524. The largest absolute Gasteiger partial charge is 0.392 e. The van der Waals surface area contributed by atoms with Crippen LogP contribution in [0.1, 0.15) is 5.56 Å². The molecular weight excluding hydrogens is 316 g/mol. The molecule has 18 heavy (non-hydrogen) atoms. The second kappa shape index (κ2) is 5.55. The summed E-state index contributed by atoms with van der Waals surface area (Å²) in [4.78, 5) is 9.11. The first-order valence-electron chi connectivity index (χ1n) is 5.05. The quantitative estimate of drug-likeness (QED) is 0.747. The van der Waals surface area contributed by atoms with Crippen molar-refractivity contribution in [3.05, 3.63) is 34.3 Å². The third-order valence-corrected chi connectivity index (χ3v) is 3.98. The molecule has 1 aromatic carbocycles. The van der Waals surface area contributed by atoms with Crippen LogP contribution in [0.4, 0.5) is 11.6 Å². The van der Waals surface area contributed by atoms with E-state index in [1.807, 2.05) is 18.2 Å².